The molecule has 12 heteroatoms. The first-order valence-corrected chi connectivity index (χ1v) is 10.2. The fourth-order valence-corrected chi connectivity index (χ4v) is 4.61. The maximum atomic E-state index is 13.8. The molecule has 1 heterocycles. The van der Waals surface area contributed by atoms with Crippen LogP contribution in [0.2, 0.25) is 0 Å². The Labute approximate surface area is 180 Å². The van der Waals surface area contributed by atoms with Crippen molar-refractivity contribution in [2.24, 2.45) is 0 Å². The molecule has 0 aliphatic carbocycles. The quantitative estimate of drug-likeness (QED) is 0.545. The van der Waals surface area contributed by atoms with Gasteiger partial charge < -0.3 is 9.84 Å². The number of alkyl halides is 3. The smallest absolute Gasteiger partial charge is 0.416 e. The van der Waals surface area contributed by atoms with E-state index < -0.39 is 55.5 Å². The zero-order valence-electron chi connectivity index (χ0n) is 16.0. The van der Waals surface area contributed by atoms with Crippen molar-refractivity contribution in [2.45, 2.75) is 17.2 Å². The number of phenolic OH excluding ortho intramolecular Hbond substituents is 1. The molecule has 3 rings (SSSR count). The van der Waals surface area contributed by atoms with Gasteiger partial charge in [-0.05, 0) is 23.8 Å². The van der Waals surface area contributed by atoms with Crippen molar-refractivity contribution >= 4 is 10.0 Å². The van der Waals surface area contributed by atoms with Gasteiger partial charge in [-0.25, -0.2) is 12.8 Å². The van der Waals surface area contributed by atoms with Gasteiger partial charge in [0.25, 0.3) is 0 Å². The highest BCUT2D eigenvalue weighted by molar-refractivity contribution is 7.89. The molecule has 7 nitrogen and oxygen atoms in total. The van der Waals surface area contributed by atoms with Crippen LogP contribution in [0, 0.1) is 28.5 Å². The predicted molar refractivity (Wildman–Crippen MR) is 101 cm³/mol. The Bertz CT molecular complexity index is 1290. The third kappa shape index (κ3) is 4.23. The molecule has 1 aliphatic rings. The lowest BCUT2D eigenvalue weighted by Crippen LogP contribution is -2.31. The van der Waals surface area contributed by atoms with Crippen molar-refractivity contribution in [1.82, 2.24) is 4.31 Å². The molecule has 1 aliphatic heterocycles. The third-order valence-electron chi connectivity index (χ3n) is 4.69. The average Bonchev–Trinajstić information content (AvgIpc) is 3.10. The molecule has 0 amide bonds. The van der Waals surface area contributed by atoms with E-state index in [1.807, 2.05) is 0 Å². The second-order valence-corrected chi connectivity index (χ2v) is 8.70. The molecule has 2 aromatic carbocycles. The molecule has 1 N–H and O–H groups in total. The highest BCUT2D eigenvalue weighted by Gasteiger charge is 2.39. The number of sulfonamides is 1. The highest BCUT2D eigenvalue weighted by atomic mass is 32.2. The van der Waals surface area contributed by atoms with Crippen molar-refractivity contribution in [1.29, 1.82) is 10.5 Å². The fraction of sp³-hybridized carbons (Fsp3) is 0.200. The Balaban J connectivity index is 1.88. The van der Waals surface area contributed by atoms with Gasteiger partial charge in [-0.1, -0.05) is 6.58 Å². The number of aromatic hydroxyl groups is 1. The van der Waals surface area contributed by atoms with E-state index in [0.717, 1.165) is 16.4 Å². The Morgan fingerprint density at radius 2 is 1.81 bits per heavy atom. The van der Waals surface area contributed by atoms with Gasteiger partial charge in [0.2, 0.25) is 10.0 Å². The summed E-state index contributed by atoms with van der Waals surface area (Å²) in [5.74, 6) is -1.86. The van der Waals surface area contributed by atoms with E-state index in [0.29, 0.717) is 18.2 Å². The summed E-state index contributed by atoms with van der Waals surface area (Å²) >= 11 is 0. The van der Waals surface area contributed by atoms with Gasteiger partial charge in [-0.15, -0.1) is 0 Å². The maximum Gasteiger partial charge on any atom is 0.416 e. The van der Waals surface area contributed by atoms with Gasteiger partial charge in [-0.2, -0.15) is 28.0 Å². The largest absolute Gasteiger partial charge is 0.504 e. The van der Waals surface area contributed by atoms with Gasteiger partial charge in [0.15, 0.2) is 11.5 Å². The third-order valence-corrected chi connectivity index (χ3v) is 6.56. The van der Waals surface area contributed by atoms with Crippen LogP contribution in [0.25, 0.3) is 0 Å². The molecule has 0 unspecified atom stereocenters. The van der Waals surface area contributed by atoms with E-state index in [1.54, 1.807) is 6.07 Å². The van der Waals surface area contributed by atoms with Crippen LogP contribution >= 0.6 is 0 Å². The molecule has 0 radical (unpaired) electrons. The summed E-state index contributed by atoms with van der Waals surface area (Å²) in [6.07, 6.45) is -5.78. The molecular formula is C20H13F4N3O4S. The number of halogens is 4. The Kier molecular flexibility index (Phi) is 5.87. The maximum absolute atomic E-state index is 13.8. The second-order valence-electron chi connectivity index (χ2n) is 6.79. The van der Waals surface area contributed by atoms with E-state index >= 15 is 0 Å². The predicted octanol–water partition coefficient (Wildman–Crippen LogP) is 3.30. The van der Waals surface area contributed by atoms with Crippen LogP contribution in [0.1, 0.15) is 16.7 Å². The SMILES string of the molecule is C=C1CN(S(=O)(=O)c2ccc(C(F)(F)F)cc2C#N)C[C@@H]1Oc1cc(F)c(C#N)cc1O. The van der Waals surface area contributed by atoms with E-state index in [4.69, 9.17) is 10.00 Å². The molecule has 1 saturated heterocycles. The molecular weight excluding hydrogens is 454 g/mol. The summed E-state index contributed by atoms with van der Waals surface area (Å²) in [5, 5.41) is 27.9. The first-order chi connectivity index (χ1) is 14.9. The molecule has 1 atom stereocenters. The van der Waals surface area contributed by atoms with Crippen molar-refractivity contribution in [3.05, 3.63) is 65.0 Å². The van der Waals surface area contributed by atoms with Crippen molar-refractivity contribution in [3.63, 3.8) is 0 Å². The van der Waals surface area contributed by atoms with Crippen LogP contribution in [-0.4, -0.2) is 37.0 Å². The topological polar surface area (TPSA) is 114 Å². The van der Waals surface area contributed by atoms with Gasteiger partial charge >= 0.3 is 6.18 Å². The van der Waals surface area contributed by atoms with Crippen molar-refractivity contribution < 1.29 is 35.8 Å². The Morgan fingerprint density at radius 1 is 1.16 bits per heavy atom. The lowest BCUT2D eigenvalue weighted by Gasteiger charge is -2.18. The lowest BCUT2D eigenvalue weighted by atomic mass is 10.1. The number of nitrogens with zero attached hydrogens (tertiary/aromatic N) is 3. The monoisotopic (exact) mass is 467 g/mol. The number of phenols is 1. The zero-order valence-corrected chi connectivity index (χ0v) is 16.8. The standard InChI is InChI=1S/C20H13F4N3O4S/c1-11-9-27(10-18(11)31-17-6-15(21)12(7-25)5-16(17)28)32(29,30)19-3-2-14(20(22,23)24)4-13(19)8-26/h2-6,18,28H,1,9-10H2/t18-/m0/s1. The van der Waals surface area contributed by atoms with E-state index in [2.05, 4.69) is 6.58 Å². The minimum atomic E-state index is -4.76. The molecule has 0 bridgehead atoms. The molecule has 1 fully saturated rings. The van der Waals surface area contributed by atoms with E-state index in [1.165, 1.54) is 6.07 Å². The minimum absolute atomic E-state index is 0.225. The highest BCUT2D eigenvalue weighted by Crippen LogP contribution is 2.35. The molecule has 0 aromatic heterocycles. The molecule has 32 heavy (non-hydrogen) atoms. The zero-order chi connectivity index (χ0) is 23.8. The number of ether oxygens (including phenoxy) is 1. The van der Waals surface area contributed by atoms with Crippen LogP contribution in [0.15, 0.2) is 47.4 Å². The van der Waals surface area contributed by atoms with Gasteiger partial charge in [-0.3, -0.25) is 0 Å². The molecule has 0 spiro atoms. The average molecular weight is 467 g/mol. The van der Waals surface area contributed by atoms with Gasteiger partial charge in [0.1, 0.15) is 24.1 Å². The van der Waals surface area contributed by atoms with Gasteiger partial charge in [0, 0.05) is 18.7 Å². The summed E-state index contributed by atoms with van der Waals surface area (Å²) in [5.41, 5.74) is -2.04. The summed E-state index contributed by atoms with van der Waals surface area (Å²) < 4.78 is 84.8. The number of hydrogen-bond donors (Lipinski definition) is 1. The summed E-state index contributed by atoms with van der Waals surface area (Å²) in [6, 6.07) is 6.33. The fourth-order valence-electron chi connectivity index (χ4n) is 3.05. The minimum Gasteiger partial charge on any atom is -0.504 e. The second kappa shape index (κ2) is 8.15. The first kappa shape index (κ1) is 23.1. The van der Waals surface area contributed by atoms with Crippen LogP contribution in [-0.2, 0) is 16.2 Å². The Hall–Kier alpha value is -3.61. The number of benzene rings is 2. The number of rotatable bonds is 4. The summed E-state index contributed by atoms with van der Waals surface area (Å²) in [4.78, 5) is -0.617. The van der Waals surface area contributed by atoms with Crippen molar-refractivity contribution in [2.75, 3.05) is 13.1 Å². The summed E-state index contributed by atoms with van der Waals surface area (Å²) in [6.45, 7) is 3.06. The Morgan fingerprint density at radius 3 is 2.41 bits per heavy atom. The molecule has 2 aromatic rings. The van der Waals surface area contributed by atoms with Crippen LogP contribution < -0.4 is 4.74 Å². The normalized spacial score (nSPS) is 17.1. The number of nitriles is 2. The van der Waals surface area contributed by atoms with E-state index in [-0.39, 0.29) is 24.4 Å². The van der Waals surface area contributed by atoms with Crippen LogP contribution in [0.3, 0.4) is 0 Å². The summed E-state index contributed by atoms with van der Waals surface area (Å²) in [7, 11) is -4.41. The van der Waals surface area contributed by atoms with Gasteiger partial charge in [0.05, 0.1) is 28.1 Å². The van der Waals surface area contributed by atoms with Crippen molar-refractivity contribution in [3.8, 4) is 23.6 Å². The van der Waals surface area contributed by atoms with Crippen LogP contribution in [0.5, 0.6) is 11.5 Å². The van der Waals surface area contributed by atoms with Crippen LogP contribution in [0.4, 0.5) is 17.6 Å². The first-order valence-electron chi connectivity index (χ1n) is 8.77. The van der Waals surface area contributed by atoms with E-state index in [9.17, 15) is 36.3 Å². The molecule has 166 valence electrons. The lowest BCUT2D eigenvalue weighted by molar-refractivity contribution is -0.137. The number of hydrogen-bond acceptors (Lipinski definition) is 6. The molecule has 0 saturated carbocycles.